The van der Waals surface area contributed by atoms with E-state index in [4.69, 9.17) is 10.3 Å². The van der Waals surface area contributed by atoms with Gasteiger partial charge in [-0.15, -0.1) is 0 Å². The molecule has 100 valence electrons. The van der Waals surface area contributed by atoms with Crippen LogP contribution in [0.25, 0.3) is 11.4 Å². The molecule has 0 spiro atoms. The largest absolute Gasteiger partial charge is 0.339 e. The molecule has 2 aromatic heterocycles. The van der Waals surface area contributed by atoms with E-state index in [0.717, 1.165) is 42.1 Å². The molecule has 0 bridgehead atoms. The van der Waals surface area contributed by atoms with Gasteiger partial charge >= 0.3 is 0 Å². The van der Waals surface area contributed by atoms with E-state index in [1.165, 1.54) is 0 Å². The summed E-state index contributed by atoms with van der Waals surface area (Å²) in [4.78, 5) is 8.87. The van der Waals surface area contributed by atoms with Gasteiger partial charge < -0.3 is 10.3 Å². The Labute approximate surface area is 112 Å². The van der Waals surface area contributed by atoms with Crippen molar-refractivity contribution < 1.29 is 4.52 Å². The first-order valence-corrected chi connectivity index (χ1v) is 6.66. The number of rotatable bonds is 2. The van der Waals surface area contributed by atoms with Crippen molar-refractivity contribution >= 4 is 0 Å². The minimum atomic E-state index is 0.269. The molecule has 2 heterocycles. The normalized spacial score (nSPS) is 22.9. The molecule has 1 aliphatic rings. The van der Waals surface area contributed by atoms with Crippen molar-refractivity contribution in [2.24, 2.45) is 5.73 Å². The van der Waals surface area contributed by atoms with Crippen molar-refractivity contribution in [3.63, 3.8) is 0 Å². The zero-order chi connectivity index (χ0) is 13.4. The topological polar surface area (TPSA) is 77.8 Å². The standard InChI is InChI=1S/C14H18N4O/c1-8-5-11(6-9(2)16-8)13-17-14(19-18-13)10-3-4-12(15)7-10/h5-6,10,12H,3-4,7,15H2,1-2H3. The number of nitrogens with two attached hydrogens (primary N) is 1. The van der Waals surface area contributed by atoms with E-state index in [0.29, 0.717) is 11.7 Å². The van der Waals surface area contributed by atoms with Crippen LogP contribution in [0.4, 0.5) is 0 Å². The van der Waals surface area contributed by atoms with Gasteiger partial charge in [-0.05, 0) is 45.2 Å². The summed E-state index contributed by atoms with van der Waals surface area (Å²) in [6.45, 7) is 3.93. The minimum absolute atomic E-state index is 0.269. The molecule has 1 aliphatic carbocycles. The van der Waals surface area contributed by atoms with Gasteiger partial charge in [0.05, 0.1) is 0 Å². The summed E-state index contributed by atoms with van der Waals surface area (Å²) >= 11 is 0. The van der Waals surface area contributed by atoms with Crippen molar-refractivity contribution in [1.82, 2.24) is 15.1 Å². The first-order valence-electron chi connectivity index (χ1n) is 6.66. The Balaban J connectivity index is 1.88. The molecule has 5 heteroatoms. The van der Waals surface area contributed by atoms with E-state index < -0.39 is 0 Å². The molecule has 0 amide bonds. The summed E-state index contributed by atoms with van der Waals surface area (Å²) in [6.07, 6.45) is 3.02. The molecule has 0 saturated heterocycles. The van der Waals surface area contributed by atoms with Gasteiger partial charge in [-0.2, -0.15) is 4.98 Å². The van der Waals surface area contributed by atoms with Crippen LogP contribution in [0.2, 0.25) is 0 Å². The molecule has 0 aromatic carbocycles. The summed E-state index contributed by atoms with van der Waals surface area (Å²) in [5, 5.41) is 4.08. The lowest BCUT2D eigenvalue weighted by molar-refractivity contribution is 0.353. The lowest BCUT2D eigenvalue weighted by atomic mass is 10.1. The van der Waals surface area contributed by atoms with Gasteiger partial charge in [0.2, 0.25) is 11.7 Å². The number of pyridine rings is 1. The summed E-state index contributed by atoms with van der Waals surface area (Å²) in [5.41, 5.74) is 8.81. The van der Waals surface area contributed by atoms with Crippen molar-refractivity contribution in [2.75, 3.05) is 0 Å². The maximum Gasteiger partial charge on any atom is 0.230 e. The van der Waals surface area contributed by atoms with E-state index in [1.54, 1.807) is 0 Å². The summed E-state index contributed by atoms with van der Waals surface area (Å²) in [6, 6.07) is 4.22. The van der Waals surface area contributed by atoms with Gasteiger partial charge in [0.1, 0.15) is 0 Å². The molecule has 0 radical (unpaired) electrons. The SMILES string of the molecule is Cc1cc(-c2noc(C3CCC(N)C3)n2)cc(C)n1. The van der Waals surface area contributed by atoms with Crippen LogP contribution in [0.3, 0.4) is 0 Å². The second-order valence-electron chi connectivity index (χ2n) is 5.36. The summed E-state index contributed by atoms with van der Waals surface area (Å²) in [7, 11) is 0. The molecule has 19 heavy (non-hydrogen) atoms. The fraction of sp³-hybridized carbons (Fsp3) is 0.500. The molecule has 1 fully saturated rings. The molecule has 2 aromatic rings. The maximum absolute atomic E-state index is 5.92. The first-order chi connectivity index (χ1) is 9.11. The van der Waals surface area contributed by atoms with Crippen LogP contribution in [0.15, 0.2) is 16.7 Å². The molecular formula is C14H18N4O. The van der Waals surface area contributed by atoms with Gasteiger partial charge in [-0.25, -0.2) is 0 Å². The lowest BCUT2D eigenvalue weighted by Crippen LogP contribution is -2.14. The quantitative estimate of drug-likeness (QED) is 0.894. The Morgan fingerprint density at radius 1 is 1.16 bits per heavy atom. The van der Waals surface area contributed by atoms with E-state index in [2.05, 4.69) is 15.1 Å². The van der Waals surface area contributed by atoms with Crippen molar-refractivity contribution in [2.45, 2.75) is 45.1 Å². The second-order valence-corrected chi connectivity index (χ2v) is 5.36. The Morgan fingerprint density at radius 2 is 1.89 bits per heavy atom. The second kappa shape index (κ2) is 4.74. The highest BCUT2D eigenvalue weighted by Crippen LogP contribution is 2.33. The van der Waals surface area contributed by atoms with Gasteiger partial charge in [0.25, 0.3) is 0 Å². The highest BCUT2D eigenvalue weighted by atomic mass is 16.5. The third-order valence-electron chi connectivity index (χ3n) is 3.60. The Bertz CT molecular complexity index is 573. The van der Waals surface area contributed by atoms with E-state index >= 15 is 0 Å². The molecule has 5 nitrogen and oxygen atoms in total. The molecular weight excluding hydrogens is 240 g/mol. The minimum Gasteiger partial charge on any atom is -0.339 e. The zero-order valence-corrected chi connectivity index (χ0v) is 11.3. The third kappa shape index (κ3) is 2.51. The fourth-order valence-electron chi connectivity index (χ4n) is 2.72. The van der Waals surface area contributed by atoms with Crippen LogP contribution in [-0.2, 0) is 0 Å². The van der Waals surface area contributed by atoms with Crippen LogP contribution >= 0.6 is 0 Å². The highest BCUT2D eigenvalue weighted by Gasteiger charge is 2.28. The van der Waals surface area contributed by atoms with Crippen LogP contribution in [0.5, 0.6) is 0 Å². The van der Waals surface area contributed by atoms with Crippen LogP contribution in [0.1, 0.15) is 42.5 Å². The fourth-order valence-corrected chi connectivity index (χ4v) is 2.72. The van der Waals surface area contributed by atoms with Crippen molar-refractivity contribution in [3.05, 3.63) is 29.4 Å². The number of aromatic nitrogens is 3. The predicted octanol–water partition coefficient (Wildman–Crippen LogP) is 2.34. The monoisotopic (exact) mass is 258 g/mol. The molecule has 1 saturated carbocycles. The van der Waals surface area contributed by atoms with Gasteiger partial charge in [0, 0.05) is 28.9 Å². The number of hydrogen-bond donors (Lipinski definition) is 1. The molecule has 0 aliphatic heterocycles. The van der Waals surface area contributed by atoms with Crippen molar-refractivity contribution in [1.29, 1.82) is 0 Å². The first kappa shape index (κ1) is 12.3. The number of hydrogen-bond acceptors (Lipinski definition) is 5. The smallest absolute Gasteiger partial charge is 0.230 e. The molecule has 3 rings (SSSR count). The van der Waals surface area contributed by atoms with Crippen LogP contribution in [0, 0.1) is 13.8 Å². The van der Waals surface area contributed by atoms with Crippen LogP contribution < -0.4 is 5.73 Å². The van der Waals surface area contributed by atoms with Crippen molar-refractivity contribution in [3.8, 4) is 11.4 Å². The Morgan fingerprint density at radius 3 is 2.53 bits per heavy atom. The summed E-state index contributed by atoms with van der Waals surface area (Å²) in [5.74, 6) is 1.68. The molecule has 2 unspecified atom stereocenters. The van der Waals surface area contributed by atoms with Crippen LogP contribution in [-0.4, -0.2) is 21.2 Å². The third-order valence-corrected chi connectivity index (χ3v) is 3.60. The maximum atomic E-state index is 5.92. The summed E-state index contributed by atoms with van der Waals surface area (Å²) < 4.78 is 5.39. The average molecular weight is 258 g/mol. The average Bonchev–Trinajstić information content (AvgIpc) is 2.95. The molecule has 2 N–H and O–H groups in total. The number of nitrogens with zero attached hydrogens (tertiary/aromatic N) is 3. The number of aryl methyl sites for hydroxylation is 2. The lowest BCUT2D eigenvalue weighted by Gasteiger charge is -2.01. The zero-order valence-electron chi connectivity index (χ0n) is 11.3. The van der Waals surface area contributed by atoms with Gasteiger partial charge in [-0.3, -0.25) is 4.98 Å². The van der Waals surface area contributed by atoms with E-state index in [-0.39, 0.29) is 6.04 Å². The van der Waals surface area contributed by atoms with E-state index in [9.17, 15) is 0 Å². The molecule has 2 atom stereocenters. The van der Waals surface area contributed by atoms with E-state index in [1.807, 2.05) is 26.0 Å². The Kier molecular flexibility index (Phi) is 3.06. The Hall–Kier alpha value is -1.75. The van der Waals surface area contributed by atoms with Gasteiger partial charge in [-0.1, -0.05) is 5.16 Å². The van der Waals surface area contributed by atoms with Gasteiger partial charge in [0.15, 0.2) is 0 Å². The predicted molar refractivity (Wildman–Crippen MR) is 71.6 cm³/mol. The highest BCUT2D eigenvalue weighted by molar-refractivity contribution is 5.55.